The fourth-order valence-corrected chi connectivity index (χ4v) is 4.28. The molecule has 5 heteroatoms. The van der Waals surface area contributed by atoms with E-state index in [4.69, 9.17) is 12.2 Å². The standard InChI is InChI=1S/C24H31N3OS/c1-25-26(24(29)18-17-20-11-5-2-6-12-20)19-23(28)27(21-13-7-3-8-14-21)22-15-9-4-10-16-22/h2-3,5-8,11-14,22,25H,4,9-10,15-19H2,1H3. The highest BCUT2D eigenvalue weighted by Crippen LogP contribution is 2.27. The molecule has 3 rings (SSSR count). The highest BCUT2D eigenvalue weighted by Gasteiger charge is 2.28. The minimum absolute atomic E-state index is 0.0968. The van der Waals surface area contributed by atoms with Gasteiger partial charge in [0.15, 0.2) is 0 Å². The first-order valence-electron chi connectivity index (χ1n) is 10.6. The summed E-state index contributed by atoms with van der Waals surface area (Å²) < 4.78 is 0. The van der Waals surface area contributed by atoms with Crippen LogP contribution in [0.2, 0.25) is 0 Å². The summed E-state index contributed by atoms with van der Waals surface area (Å²) in [5.41, 5.74) is 5.36. The van der Waals surface area contributed by atoms with Gasteiger partial charge in [0, 0.05) is 25.2 Å². The molecule has 0 aromatic heterocycles. The van der Waals surface area contributed by atoms with Crippen molar-refractivity contribution in [1.82, 2.24) is 10.4 Å². The molecule has 0 spiro atoms. The molecule has 1 N–H and O–H groups in total. The molecule has 29 heavy (non-hydrogen) atoms. The zero-order chi connectivity index (χ0) is 20.5. The Labute approximate surface area is 179 Å². The van der Waals surface area contributed by atoms with E-state index in [2.05, 4.69) is 17.6 Å². The first kappa shape index (κ1) is 21.5. The van der Waals surface area contributed by atoms with Gasteiger partial charge >= 0.3 is 0 Å². The Morgan fingerprint density at radius 1 is 1.00 bits per heavy atom. The maximum absolute atomic E-state index is 13.4. The topological polar surface area (TPSA) is 35.6 Å². The number of nitrogens with one attached hydrogen (secondary N) is 1. The summed E-state index contributed by atoms with van der Waals surface area (Å²) >= 11 is 5.64. The van der Waals surface area contributed by atoms with Crippen LogP contribution in [-0.2, 0) is 11.2 Å². The van der Waals surface area contributed by atoms with Gasteiger partial charge in [0.1, 0.15) is 6.54 Å². The maximum Gasteiger partial charge on any atom is 0.248 e. The molecule has 1 aliphatic rings. The van der Waals surface area contributed by atoms with Gasteiger partial charge in [-0.2, -0.15) is 0 Å². The van der Waals surface area contributed by atoms with Crippen molar-refractivity contribution in [2.24, 2.45) is 0 Å². The van der Waals surface area contributed by atoms with Crippen LogP contribution < -0.4 is 10.3 Å². The van der Waals surface area contributed by atoms with E-state index < -0.39 is 0 Å². The van der Waals surface area contributed by atoms with Crippen LogP contribution in [0, 0.1) is 0 Å². The molecular weight excluding hydrogens is 378 g/mol. The smallest absolute Gasteiger partial charge is 0.248 e. The van der Waals surface area contributed by atoms with Gasteiger partial charge in [-0.15, -0.1) is 0 Å². The summed E-state index contributed by atoms with van der Waals surface area (Å²) in [4.78, 5) is 16.1. The lowest BCUT2D eigenvalue weighted by atomic mass is 9.93. The predicted octanol–water partition coefficient (Wildman–Crippen LogP) is 4.75. The summed E-state index contributed by atoms with van der Waals surface area (Å²) in [6.07, 6.45) is 7.38. The largest absolute Gasteiger partial charge is 0.308 e. The van der Waals surface area contributed by atoms with Gasteiger partial charge in [0.25, 0.3) is 0 Å². The second-order valence-electron chi connectivity index (χ2n) is 7.58. The maximum atomic E-state index is 13.4. The van der Waals surface area contributed by atoms with E-state index in [-0.39, 0.29) is 18.5 Å². The summed E-state index contributed by atoms with van der Waals surface area (Å²) in [6, 6.07) is 20.6. The molecule has 2 aromatic carbocycles. The van der Waals surface area contributed by atoms with Crippen molar-refractivity contribution >= 4 is 28.8 Å². The summed E-state index contributed by atoms with van der Waals surface area (Å²) in [5.74, 6) is 0.0968. The van der Waals surface area contributed by atoms with Crippen LogP contribution in [0.3, 0.4) is 0 Å². The molecule has 1 fully saturated rings. The quantitative estimate of drug-likeness (QED) is 0.504. The number of para-hydroxylation sites is 1. The molecule has 0 atom stereocenters. The van der Waals surface area contributed by atoms with Crippen molar-refractivity contribution in [2.75, 3.05) is 18.5 Å². The predicted molar refractivity (Wildman–Crippen MR) is 124 cm³/mol. The van der Waals surface area contributed by atoms with Crippen LogP contribution in [0.4, 0.5) is 5.69 Å². The number of anilines is 1. The molecule has 0 heterocycles. The SMILES string of the molecule is CNN(CC(=O)N(c1ccccc1)C1CCCCC1)C(=S)CCc1ccccc1. The van der Waals surface area contributed by atoms with Crippen molar-refractivity contribution in [1.29, 1.82) is 0 Å². The average molecular weight is 410 g/mol. The van der Waals surface area contributed by atoms with Crippen molar-refractivity contribution < 1.29 is 4.79 Å². The van der Waals surface area contributed by atoms with Gasteiger partial charge in [0.05, 0.1) is 4.99 Å². The number of rotatable bonds is 8. The fourth-order valence-electron chi connectivity index (χ4n) is 4.02. The Hall–Kier alpha value is -2.24. The lowest BCUT2D eigenvalue weighted by Crippen LogP contribution is -2.50. The van der Waals surface area contributed by atoms with Crippen LogP contribution in [0.25, 0.3) is 0 Å². The van der Waals surface area contributed by atoms with E-state index >= 15 is 0 Å². The lowest BCUT2D eigenvalue weighted by Gasteiger charge is -2.36. The molecule has 1 aliphatic carbocycles. The van der Waals surface area contributed by atoms with Crippen LogP contribution in [-0.4, -0.2) is 35.5 Å². The van der Waals surface area contributed by atoms with E-state index in [0.717, 1.165) is 36.4 Å². The third kappa shape index (κ3) is 6.12. The Balaban J connectivity index is 1.67. The van der Waals surface area contributed by atoms with E-state index in [1.54, 1.807) is 0 Å². The molecule has 0 bridgehead atoms. The van der Waals surface area contributed by atoms with Crippen molar-refractivity contribution in [3.05, 3.63) is 66.2 Å². The van der Waals surface area contributed by atoms with Crippen LogP contribution in [0.15, 0.2) is 60.7 Å². The number of hydrazine groups is 1. The van der Waals surface area contributed by atoms with Gasteiger partial charge in [-0.25, -0.2) is 5.43 Å². The van der Waals surface area contributed by atoms with Crippen LogP contribution >= 0.6 is 12.2 Å². The molecule has 154 valence electrons. The minimum Gasteiger partial charge on any atom is -0.308 e. The molecule has 1 saturated carbocycles. The number of benzene rings is 2. The van der Waals surface area contributed by atoms with Crippen LogP contribution in [0.1, 0.15) is 44.1 Å². The number of carbonyl (C=O) groups excluding carboxylic acids is 1. The summed E-state index contributed by atoms with van der Waals surface area (Å²) in [7, 11) is 1.83. The number of carbonyl (C=O) groups is 1. The first-order chi connectivity index (χ1) is 14.2. The van der Waals surface area contributed by atoms with Gasteiger partial charge in [0.2, 0.25) is 5.91 Å². The van der Waals surface area contributed by atoms with Gasteiger partial charge < -0.3 is 4.90 Å². The van der Waals surface area contributed by atoms with Gasteiger partial charge in [-0.05, 0) is 37.0 Å². The zero-order valence-electron chi connectivity index (χ0n) is 17.2. The van der Waals surface area contributed by atoms with E-state index in [1.165, 1.54) is 24.8 Å². The Morgan fingerprint density at radius 2 is 1.62 bits per heavy atom. The number of hydrogen-bond donors (Lipinski definition) is 1. The molecular formula is C24H31N3OS. The molecule has 0 radical (unpaired) electrons. The molecule has 0 aliphatic heterocycles. The molecule has 0 saturated heterocycles. The van der Waals surface area contributed by atoms with Crippen molar-refractivity contribution in [3.8, 4) is 0 Å². The number of aryl methyl sites for hydroxylation is 1. The number of amides is 1. The van der Waals surface area contributed by atoms with Crippen molar-refractivity contribution in [3.63, 3.8) is 0 Å². The van der Waals surface area contributed by atoms with E-state index in [1.807, 2.05) is 65.5 Å². The molecule has 0 unspecified atom stereocenters. The Bertz CT molecular complexity index is 775. The normalized spacial score (nSPS) is 14.4. The number of nitrogens with zero attached hydrogens (tertiary/aromatic N) is 2. The fraction of sp³-hybridized carbons (Fsp3) is 0.417. The highest BCUT2D eigenvalue weighted by atomic mass is 32.1. The number of thiocarbonyl (C=S) groups is 1. The van der Waals surface area contributed by atoms with Crippen molar-refractivity contribution in [2.45, 2.75) is 51.0 Å². The molecule has 4 nitrogen and oxygen atoms in total. The second-order valence-corrected chi connectivity index (χ2v) is 8.05. The first-order valence-corrected chi connectivity index (χ1v) is 11.0. The monoisotopic (exact) mass is 409 g/mol. The average Bonchev–Trinajstić information content (AvgIpc) is 2.78. The third-order valence-corrected chi connectivity index (χ3v) is 6.00. The Morgan fingerprint density at radius 3 is 2.24 bits per heavy atom. The molecule has 2 aromatic rings. The zero-order valence-corrected chi connectivity index (χ0v) is 18.0. The van der Waals surface area contributed by atoms with E-state index in [9.17, 15) is 4.79 Å². The minimum atomic E-state index is 0.0968. The lowest BCUT2D eigenvalue weighted by molar-refractivity contribution is -0.120. The van der Waals surface area contributed by atoms with Gasteiger partial charge in [-0.1, -0.05) is 80.0 Å². The summed E-state index contributed by atoms with van der Waals surface area (Å²) in [5, 5.41) is 1.82. The van der Waals surface area contributed by atoms with Crippen LogP contribution in [0.5, 0.6) is 0 Å². The number of hydrogen-bond acceptors (Lipinski definition) is 3. The van der Waals surface area contributed by atoms with Gasteiger partial charge in [-0.3, -0.25) is 9.80 Å². The molecule has 1 amide bonds. The third-order valence-electron chi connectivity index (χ3n) is 5.58. The summed E-state index contributed by atoms with van der Waals surface area (Å²) in [6.45, 7) is 0.246. The highest BCUT2D eigenvalue weighted by molar-refractivity contribution is 7.80. The van der Waals surface area contributed by atoms with E-state index in [0.29, 0.717) is 0 Å². The second kappa shape index (κ2) is 11.1. The Kier molecular flexibility index (Phi) is 8.20.